The Morgan fingerprint density at radius 3 is 2.09 bits per heavy atom. The van der Waals surface area contributed by atoms with E-state index in [-0.39, 0.29) is 25.7 Å². The van der Waals surface area contributed by atoms with E-state index < -0.39 is 30.1 Å². The van der Waals surface area contributed by atoms with E-state index in [0.717, 1.165) is 27.8 Å². The highest BCUT2D eigenvalue weighted by atomic mass is 16.6. The number of hydrogen-bond donors (Lipinski definition) is 3. The predicted molar refractivity (Wildman–Crippen MR) is 163 cm³/mol. The number of methoxy groups -OCH3 is 1. The predicted octanol–water partition coefficient (Wildman–Crippen LogP) is 5.30. The van der Waals surface area contributed by atoms with E-state index in [0.29, 0.717) is 11.3 Å². The first kappa shape index (κ1) is 29.8. The zero-order valence-electron chi connectivity index (χ0n) is 23.9. The van der Waals surface area contributed by atoms with Gasteiger partial charge >= 0.3 is 18.2 Å². The average Bonchev–Trinajstić information content (AvgIpc) is 3.38. The first-order valence-corrected chi connectivity index (χ1v) is 14.0. The lowest BCUT2D eigenvalue weighted by Crippen LogP contribution is -2.35. The molecule has 4 aromatic carbocycles. The fraction of sp³-hybridized carbons (Fsp3) is 0.176. The maximum absolute atomic E-state index is 12.6. The van der Waals surface area contributed by atoms with Crippen LogP contribution >= 0.6 is 0 Å². The van der Waals surface area contributed by atoms with Gasteiger partial charge < -0.3 is 30.2 Å². The summed E-state index contributed by atoms with van der Waals surface area (Å²) in [7, 11) is 1.20. The van der Waals surface area contributed by atoms with Gasteiger partial charge in [-0.3, -0.25) is 4.79 Å². The zero-order chi connectivity index (χ0) is 30.9. The molecule has 0 heterocycles. The Balaban J connectivity index is 1.13. The van der Waals surface area contributed by atoms with Gasteiger partial charge in [-0.2, -0.15) is 0 Å². The number of fused-ring (bicyclic) bond motifs is 3. The summed E-state index contributed by atoms with van der Waals surface area (Å²) in [6.07, 6.45) is -1.54. The molecule has 0 aliphatic heterocycles. The summed E-state index contributed by atoms with van der Waals surface area (Å²) in [6, 6.07) is 30.3. The van der Waals surface area contributed by atoms with E-state index in [9.17, 15) is 19.2 Å². The van der Waals surface area contributed by atoms with Crippen molar-refractivity contribution in [2.24, 2.45) is 0 Å². The molecule has 0 unspecified atom stereocenters. The van der Waals surface area contributed by atoms with Gasteiger partial charge in [0, 0.05) is 11.6 Å². The summed E-state index contributed by atoms with van der Waals surface area (Å²) < 4.78 is 15.6. The molecule has 44 heavy (non-hydrogen) atoms. The number of esters is 1. The number of carbonyl (C=O) groups is 4. The second kappa shape index (κ2) is 14.0. The molecule has 1 aliphatic carbocycles. The number of alkyl carbamates (subject to hydrolysis) is 2. The normalized spacial score (nSPS) is 12.2. The number of amides is 3. The summed E-state index contributed by atoms with van der Waals surface area (Å²) in [4.78, 5) is 50.0. The number of anilines is 1. The molecule has 0 spiro atoms. The number of nitrogens with one attached hydrogen (secondary N) is 3. The summed E-state index contributed by atoms with van der Waals surface area (Å²) >= 11 is 0. The van der Waals surface area contributed by atoms with Gasteiger partial charge in [0.15, 0.2) is 6.04 Å². The van der Waals surface area contributed by atoms with Crippen LogP contribution in [0.1, 0.15) is 34.2 Å². The van der Waals surface area contributed by atoms with Crippen LogP contribution in [0.3, 0.4) is 0 Å². The van der Waals surface area contributed by atoms with Crippen molar-refractivity contribution in [3.63, 3.8) is 0 Å². The van der Waals surface area contributed by atoms with Crippen LogP contribution in [-0.2, 0) is 30.4 Å². The maximum Gasteiger partial charge on any atom is 0.408 e. The van der Waals surface area contributed by atoms with Crippen LogP contribution in [0.15, 0.2) is 103 Å². The van der Waals surface area contributed by atoms with E-state index in [1.54, 1.807) is 30.3 Å². The van der Waals surface area contributed by atoms with Crippen LogP contribution in [0, 0.1) is 0 Å². The van der Waals surface area contributed by atoms with Crippen LogP contribution in [0.4, 0.5) is 15.3 Å². The summed E-state index contributed by atoms with van der Waals surface area (Å²) in [5.41, 5.74) is 5.89. The van der Waals surface area contributed by atoms with E-state index >= 15 is 0 Å². The molecule has 0 aromatic heterocycles. The third-order valence-electron chi connectivity index (χ3n) is 7.15. The molecule has 1 atom stereocenters. The van der Waals surface area contributed by atoms with E-state index in [1.165, 1.54) is 13.2 Å². The molecule has 0 saturated carbocycles. The number of ether oxygens (including phenoxy) is 3. The Hall–Kier alpha value is -5.64. The Labute approximate surface area is 254 Å². The highest BCUT2D eigenvalue weighted by Crippen LogP contribution is 2.44. The minimum atomic E-state index is -1.18. The average molecular weight is 594 g/mol. The van der Waals surface area contributed by atoms with Crippen molar-refractivity contribution < 1.29 is 33.4 Å². The first-order valence-electron chi connectivity index (χ1n) is 14.0. The van der Waals surface area contributed by atoms with Crippen LogP contribution < -0.4 is 16.0 Å². The Morgan fingerprint density at radius 1 is 0.750 bits per heavy atom. The molecule has 1 aliphatic rings. The lowest BCUT2D eigenvalue weighted by molar-refractivity contribution is -0.143. The highest BCUT2D eigenvalue weighted by Gasteiger charge is 2.29. The molecular formula is C34H31N3O7. The van der Waals surface area contributed by atoms with Crippen LogP contribution in [0.25, 0.3) is 11.1 Å². The van der Waals surface area contributed by atoms with Crippen molar-refractivity contribution in [1.29, 1.82) is 0 Å². The van der Waals surface area contributed by atoms with Gasteiger partial charge in [0.2, 0.25) is 5.91 Å². The number of benzene rings is 4. The van der Waals surface area contributed by atoms with Gasteiger partial charge in [-0.25, -0.2) is 14.4 Å². The van der Waals surface area contributed by atoms with Gasteiger partial charge in [0.05, 0.1) is 7.11 Å². The van der Waals surface area contributed by atoms with Crippen molar-refractivity contribution >= 4 is 29.8 Å². The second-order valence-electron chi connectivity index (χ2n) is 10.0. The van der Waals surface area contributed by atoms with Crippen molar-refractivity contribution in [2.75, 3.05) is 25.6 Å². The van der Waals surface area contributed by atoms with Crippen LogP contribution in [0.2, 0.25) is 0 Å². The van der Waals surface area contributed by atoms with Crippen LogP contribution in [-0.4, -0.2) is 44.3 Å². The van der Waals surface area contributed by atoms with Crippen molar-refractivity contribution in [1.82, 2.24) is 10.6 Å². The Bertz CT molecular complexity index is 1610. The molecule has 0 fully saturated rings. The molecular weight excluding hydrogens is 562 g/mol. The van der Waals surface area contributed by atoms with E-state index in [2.05, 4.69) is 28.1 Å². The van der Waals surface area contributed by atoms with E-state index in [4.69, 9.17) is 14.2 Å². The monoisotopic (exact) mass is 593 g/mol. The van der Waals surface area contributed by atoms with Gasteiger partial charge in [-0.15, -0.1) is 0 Å². The van der Waals surface area contributed by atoms with Gasteiger partial charge in [-0.05, 0) is 45.5 Å². The fourth-order valence-corrected chi connectivity index (χ4v) is 5.08. The maximum atomic E-state index is 12.6. The third-order valence-corrected chi connectivity index (χ3v) is 7.15. The minimum Gasteiger partial charge on any atom is -0.467 e. The largest absolute Gasteiger partial charge is 0.467 e. The van der Waals surface area contributed by atoms with Crippen molar-refractivity contribution in [2.45, 2.75) is 18.6 Å². The van der Waals surface area contributed by atoms with Gasteiger partial charge in [0.25, 0.3) is 0 Å². The third kappa shape index (κ3) is 7.22. The zero-order valence-corrected chi connectivity index (χ0v) is 23.9. The smallest absolute Gasteiger partial charge is 0.408 e. The summed E-state index contributed by atoms with van der Waals surface area (Å²) in [5.74, 6) is -1.33. The first-order chi connectivity index (χ1) is 21.4. The molecule has 5 rings (SSSR count). The van der Waals surface area contributed by atoms with Gasteiger partial charge in [-0.1, -0.05) is 91.0 Å². The topological polar surface area (TPSA) is 132 Å². The molecule has 0 saturated heterocycles. The number of rotatable bonds is 10. The summed E-state index contributed by atoms with van der Waals surface area (Å²) in [6.45, 7) is -0.196. The molecule has 0 radical (unpaired) electrons. The lowest BCUT2D eigenvalue weighted by Gasteiger charge is -2.18. The Kier molecular flexibility index (Phi) is 9.51. The highest BCUT2D eigenvalue weighted by molar-refractivity contribution is 5.94. The number of hydrogen-bond acceptors (Lipinski definition) is 7. The molecule has 3 amide bonds. The second-order valence-corrected chi connectivity index (χ2v) is 10.0. The van der Waals surface area contributed by atoms with Crippen LogP contribution in [0.5, 0.6) is 0 Å². The SMILES string of the molecule is COC(=O)[C@H](NC(=O)OCc1ccccc1)c1cccc(NC(=O)CNC(=O)OCC2c3ccccc3-c3ccccc32)c1. The molecule has 0 bridgehead atoms. The molecule has 10 nitrogen and oxygen atoms in total. The van der Waals surface area contributed by atoms with Crippen molar-refractivity contribution in [3.8, 4) is 11.1 Å². The Morgan fingerprint density at radius 2 is 1.41 bits per heavy atom. The number of carbonyl (C=O) groups excluding carboxylic acids is 4. The molecule has 224 valence electrons. The van der Waals surface area contributed by atoms with E-state index in [1.807, 2.05) is 54.6 Å². The molecule has 3 N–H and O–H groups in total. The fourth-order valence-electron chi connectivity index (χ4n) is 5.08. The summed E-state index contributed by atoms with van der Waals surface area (Å²) in [5, 5.41) is 7.64. The molecule has 10 heteroatoms. The molecule has 4 aromatic rings. The lowest BCUT2D eigenvalue weighted by atomic mass is 9.98. The minimum absolute atomic E-state index is 0.0212. The van der Waals surface area contributed by atoms with Gasteiger partial charge in [0.1, 0.15) is 19.8 Å². The quantitative estimate of drug-likeness (QED) is 0.168. The standard InChI is InChI=1S/C34H31N3O7/c1-42-32(39)31(37-34(41)43-20-22-10-3-2-4-11-22)23-12-9-13-24(18-23)36-30(38)19-35-33(40)44-21-29-27-16-7-5-14-25(27)26-15-6-8-17-28(26)29/h2-18,29,31H,19-21H2,1H3,(H,35,40)(H,36,38)(H,37,41)/t31-/m1/s1. The van der Waals surface area contributed by atoms with Crippen molar-refractivity contribution in [3.05, 3.63) is 125 Å².